The van der Waals surface area contributed by atoms with E-state index < -0.39 is 89.7 Å². The fourth-order valence-corrected chi connectivity index (χ4v) is 6.08. The molecule has 5 unspecified atom stereocenters. The summed E-state index contributed by atoms with van der Waals surface area (Å²) in [7, 11) is -17.0. The zero-order valence-corrected chi connectivity index (χ0v) is 19.0. The van der Waals surface area contributed by atoms with Crippen molar-refractivity contribution in [3.05, 3.63) is 32.6 Å². The van der Waals surface area contributed by atoms with Gasteiger partial charge < -0.3 is 34.5 Å². The molecule has 17 nitrogen and oxygen atoms in total. The lowest BCUT2D eigenvalue weighted by atomic mass is 10.0. The molecule has 22 heteroatoms. The summed E-state index contributed by atoms with van der Waals surface area (Å²) in [4.78, 5) is 61.2. The Kier molecular flexibility index (Phi) is 7.30. The Morgan fingerprint density at radius 2 is 1.68 bits per heavy atom. The lowest BCUT2D eigenvalue weighted by Gasteiger charge is -2.19. The Morgan fingerprint density at radius 3 is 2.21 bits per heavy atom. The number of hydrogen-bond donors (Lipinski definition) is 7. The van der Waals surface area contributed by atoms with Crippen LogP contribution in [0.2, 0.25) is 0 Å². The Morgan fingerprint density at radius 1 is 1.09 bits per heavy atom. The molecule has 2 fully saturated rings. The first kappa shape index (κ1) is 27.4. The van der Waals surface area contributed by atoms with Crippen molar-refractivity contribution in [3.63, 3.8) is 0 Å². The predicted molar refractivity (Wildman–Crippen MR) is 99.4 cm³/mol. The van der Waals surface area contributed by atoms with Crippen molar-refractivity contribution >= 4 is 23.5 Å². The van der Waals surface area contributed by atoms with Gasteiger partial charge in [0.05, 0.1) is 12.2 Å². The standard InChI is InChI=1S/C12H17F2N2O15P3/c13-12(14)1-6(12)16-2-4(10(19)15-11(16)20)9-8(18)7(17)5(29-9)3-28-33(24,25)31-34(26,27)30-32(21,22)23/h2,5-9,17-18H,1,3H2,(H,24,25)(H,26,27)(H,15,19,20)(H2,21,22,23)/t5-,6?,7?,8?,9+/m1/s1. The molecule has 1 aromatic heterocycles. The summed E-state index contributed by atoms with van der Waals surface area (Å²) in [6.07, 6.45) is -7.28. The molecule has 0 radical (unpaired) electrons. The third kappa shape index (κ3) is 6.33. The molecular weight excluding hydrogens is 543 g/mol. The average molecular weight is 560 g/mol. The molecule has 1 aliphatic carbocycles. The quantitative estimate of drug-likeness (QED) is 0.172. The minimum absolute atomic E-state index is 0.512. The highest BCUT2D eigenvalue weighted by molar-refractivity contribution is 7.66. The van der Waals surface area contributed by atoms with Gasteiger partial charge in [0.15, 0.2) is 0 Å². The summed E-state index contributed by atoms with van der Waals surface area (Å²) in [5, 5.41) is 20.3. The van der Waals surface area contributed by atoms with Gasteiger partial charge in [-0.05, 0) is 0 Å². The van der Waals surface area contributed by atoms with Gasteiger partial charge in [0.1, 0.15) is 30.5 Å². The largest absolute Gasteiger partial charge is 0.490 e. The van der Waals surface area contributed by atoms with Gasteiger partial charge in [0.25, 0.3) is 11.5 Å². The van der Waals surface area contributed by atoms with E-state index in [0.29, 0.717) is 10.8 Å². The molecule has 7 atom stereocenters. The molecule has 1 aromatic rings. The van der Waals surface area contributed by atoms with Gasteiger partial charge in [-0.25, -0.2) is 27.3 Å². The molecule has 0 aromatic carbocycles. The van der Waals surface area contributed by atoms with Gasteiger partial charge in [-0.3, -0.25) is 18.9 Å². The van der Waals surface area contributed by atoms with Crippen molar-refractivity contribution in [2.75, 3.05) is 6.61 Å². The molecule has 1 aliphatic heterocycles. The minimum Gasteiger partial charge on any atom is -0.387 e. The molecule has 7 N–H and O–H groups in total. The number of aliphatic hydroxyl groups is 2. The monoisotopic (exact) mass is 560 g/mol. The molecule has 1 saturated heterocycles. The second-order valence-corrected chi connectivity index (χ2v) is 11.6. The van der Waals surface area contributed by atoms with Gasteiger partial charge in [-0.2, -0.15) is 8.62 Å². The lowest BCUT2D eigenvalue weighted by Crippen LogP contribution is -2.36. The Labute approximate surface area is 186 Å². The van der Waals surface area contributed by atoms with Crippen LogP contribution in [0.3, 0.4) is 0 Å². The SMILES string of the molecule is O=c1[nH]c(=O)n(C2CC2(F)F)cc1[C@@H]1O[C@H](COP(=O)(O)OP(=O)(O)OP(=O)(O)O)C(O)C1O. The van der Waals surface area contributed by atoms with Crippen LogP contribution >= 0.6 is 23.5 Å². The number of phosphoric ester groups is 1. The second kappa shape index (κ2) is 9.05. The molecule has 34 heavy (non-hydrogen) atoms. The highest BCUT2D eigenvalue weighted by atomic mass is 31.3. The number of H-pyrrole nitrogens is 1. The summed E-state index contributed by atoms with van der Waals surface area (Å²) in [6, 6.07) is -1.56. The van der Waals surface area contributed by atoms with Gasteiger partial charge in [-0.15, -0.1) is 0 Å². The number of aromatic nitrogens is 2. The smallest absolute Gasteiger partial charge is 0.387 e. The van der Waals surface area contributed by atoms with E-state index in [4.69, 9.17) is 19.4 Å². The summed E-state index contributed by atoms with van der Waals surface area (Å²) in [5.41, 5.74) is -2.85. The molecule has 0 spiro atoms. The van der Waals surface area contributed by atoms with Crippen molar-refractivity contribution in [1.82, 2.24) is 9.55 Å². The first-order valence-electron chi connectivity index (χ1n) is 8.85. The number of phosphoric acid groups is 3. The number of aromatic amines is 1. The topological polar surface area (TPSA) is 264 Å². The van der Waals surface area contributed by atoms with Gasteiger partial charge in [0, 0.05) is 12.6 Å². The molecule has 3 rings (SSSR count). The molecule has 2 aliphatic rings. The number of nitrogens with zero attached hydrogens (tertiary/aromatic N) is 1. The maximum atomic E-state index is 13.4. The third-order valence-corrected chi connectivity index (χ3v) is 8.41. The molecule has 0 bridgehead atoms. The van der Waals surface area contributed by atoms with Crippen LogP contribution in [0.25, 0.3) is 0 Å². The van der Waals surface area contributed by atoms with E-state index in [1.165, 1.54) is 0 Å². The fourth-order valence-electron chi connectivity index (χ4n) is 3.05. The normalized spacial score (nSPS) is 32.2. The van der Waals surface area contributed by atoms with Crippen molar-refractivity contribution in [2.45, 2.75) is 42.8 Å². The summed E-state index contributed by atoms with van der Waals surface area (Å²) < 4.78 is 77.4. The van der Waals surface area contributed by atoms with Crippen molar-refractivity contribution in [3.8, 4) is 0 Å². The van der Waals surface area contributed by atoms with Crippen molar-refractivity contribution in [1.29, 1.82) is 0 Å². The van der Waals surface area contributed by atoms with E-state index in [1.54, 1.807) is 4.98 Å². The van der Waals surface area contributed by atoms with Crippen LogP contribution in [0.1, 0.15) is 24.1 Å². The molecule has 0 amide bonds. The Hall–Kier alpha value is -1.17. The number of hydrogen-bond acceptors (Lipinski definition) is 11. The first-order valence-corrected chi connectivity index (χ1v) is 13.4. The van der Waals surface area contributed by atoms with Crippen LogP contribution in [-0.2, 0) is 31.6 Å². The lowest BCUT2D eigenvalue weighted by molar-refractivity contribution is -0.0228. The van der Waals surface area contributed by atoms with Gasteiger partial charge >= 0.3 is 29.2 Å². The Balaban J connectivity index is 1.72. The average Bonchev–Trinajstić information content (AvgIpc) is 3.16. The van der Waals surface area contributed by atoms with Gasteiger partial charge in [0.2, 0.25) is 0 Å². The number of alkyl halides is 2. The van der Waals surface area contributed by atoms with E-state index in [2.05, 4.69) is 13.1 Å². The summed E-state index contributed by atoms with van der Waals surface area (Å²) >= 11 is 0. The molecule has 1 saturated carbocycles. The molecule has 2 heterocycles. The maximum absolute atomic E-state index is 13.4. The fraction of sp³-hybridized carbons (Fsp3) is 0.667. The van der Waals surface area contributed by atoms with Crippen LogP contribution in [0.15, 0.2) is 15.8 Å². The number of ether oxygens (including phenoxy) is 1. The molecule has 194 valence electrons. The highest BCUT2D eigenvalue weighted by Gasteiger charge is 2.59. The van der Waals surface area contributed by atoms with Crippen LogP contribution in [0.5, 0.6) is 0 Å². The second-order valence-electron chi connectivity index (χ2n) is 7.20. The zero-order valence-electron chi connectivity index (χ0n) is 16.3. The van der Waals surface area contributed by atoms with Crippen LogP contribution in [-0.4, -0.2) is 70.2 Å². The van der Waals surface area contributed by atoms with E-state index in [-0.39, 0.29) is 0 Å². The summed E-state index contributed by atoms with van der Waals surface area (Å²) in [5.74, 6) is -3.21. The number of rotatable bonds is 9. The third-order valence-electron chi connectivity index (χ3n) is 4.61. The number of halogens is 2. The maximum Gasteiger partial charge on any atom is 0.490 e. The van der Waals surface area contributed by atoms with Crippen LogP contribution in [0.4, 0.5) is 8.78 Å². The number of aliphatic hydroxyl groups excluding tert-OH is 2. The highest BCUT2D eigenvalue weighted by Crippen LogP contribution is 2.66. The minimum atomic E-state index is -5.81. The van der Waals surface area contributed by atoms with Crippen molar-refractivity contribution in [2.24, 2.45) is 0 Å². The first-order chi connectivity index (χ1) is 15.3. The molecular formula is C12H17F2N2O15P3. The van der Waals surface area contributed by atoms with E-state index >= 15 is 0 Å². The number of nitrogens with one attached hydrogen (secondary N) is 1. The van der Waals surface area contributed by atoms with E-state index in [1.807, 2.05) is 0 Å². The van der Waals surface area contributed by atoms with Crippen LogP contribution in [0, 0.1) is 0 Å². The van der Waals surface area contributed by atoms with E-state index in [0.717, 1.165) is 0 Å². The summed E-state index contributed by atoms with van der Waals surface area (Å²) in [6.45, 7) is -1.16. The van der Waals surface area contributed by atoms with Crippen molar-refractivity contribution < 1.29 is 70.1 Å². The van der Waals surface area contributed by atoms with Gasteiger partial charge in [-0.1, -0.05) is 0 Å². The van der Waals surface area contributed by atoms with E-state index in [9.17, 15) is 47.2 Å². The zero-order chi connectivity index (χ0) is 25.9. The Bertz CT molecular complexity index is 1210. The van der Waals surface area contributed by atoms with Crippen LogP contribution < -0.4 is 11.2 Å². The predicted octanol–water partition coefficient (Wildman–Crippen LogP) is -1.38.